The van der Waals surface area contributed by atoms with Crippen LogP contribution in [0.5, 0.6) is 5.75 Å². The van der Waals surface area contributed by atoms with Crippen LogP contribution in [0.1, 0.15) is 42.5 Å². The Hall–Kier alpha value is -1.59. The van der Waals surface area contributed by atoms with E-state index in [2.05, 4.69) is 32.0 Å². The molecule has 0 fully saturated rings. The van der Waals surface area contributed by atoms with E-state index in [1.54, 1.807) is 0 Å². The predicted octanol–water partition coefficient (Wildman–Crippen LogP) is 4.51. The van der Waals surface area contributed by atoms with Crippen LogP contribution in [0.2, 0.25) is 5.02 Å². The Labute approximate surface area is 174 Å². The Morgan fingerprint density at radius 2 is 1.86 bits per heavy atom. The molecule has 154 valence electrons. The van der Waals surface area contributed by atoms with Crippen molar-refractivity contribution in [3.05, 3.63) is 63.7 Å². The molecule has 4 nitrogen and oxygen atoms in total. The zero-order valence-electron chi connectivity index (χ0n) is 17.4. The number of hydrogen-bond donors (Lipinski definition) is 2. The molecule has 0 heterocycles. The van der Waals surface area contributed by atoms with Crippen molar-refractivity contribution in [1.82, 2.24) is 0 Å². The fourth-order valence-electron chi connectivity index (χ4n) is 3.23. The lowest BCUT2D eigenvalue weighted by Crippen LogP contribution is -2.40. The van der Waals surface area contributed by atoms with Gasteiger partial charge in [-0.2, -0.15) is 0 Å². The second kappa shape index (κ2) is 10.3. The highest BCUT2D eigenvalue weighted by atomic mass is 35.5. The zero-order valence-corrected chi connectivity index (χ0v) is 18.2. The molecule has 2 aromatic carbocycles. The largest absolute Gasteiger partial charge is 0.491 e. The highest BCUT2D eigenvalue weighted by Crippen LogP contribution is 2.30. The van der Waals surface area contributed by atoms with Crippen LogP contribution in [0.4, 0.5) is 0 Å². The molecule has 0 saturated heterocycles. The fourth-order valence-corrected chi connectivity index (χ4v) is 3.52. The van der Waals surface area contributed by atoms with Gasteiger partial charge in [-0.25, -0.2) is 0 Å². The SMILES string of the molecule is CCC(COc1ccc(C)c(CCN)c1)O[C@@](C)(CN)c1cc(C)cc(Cl)c1. The molecule has 4 N–H and O–H groups in total. The highest BCUT2D eigenvalue weighted by molar-refractivity contribution is 6.30. The first-order chi connectivity index (χ1) is 13.3. The first-order valence-electron chi connectivity index (χ1n) is 9.89. The minimum absolute atomic E-state index is 0.0906. The molecule has 0 aliphatic rings. The van der Waals surface area contributed by atoms with E-state index in [9.17, 15) is 0 Å². The van der Waals surface area contributed by atoms with Gasteiger partial charge in [0.2, 0.25) is 0 Å². The summed E-state index contributed by atoms with van der Waals surface area (Å²) in [6.45, 7) is 9.63. The van der Waals surface area contributed by atoms with Gasteiger partial charge in [0.1, 0.15) is 18.0 Å². The molecule has 0 aliphatic carbocycles. The quantitative estimate of drug-likeness (QED) is 0.611. The summed E-state index contributed by atoms with van der Waals surface area (Å²) in [4.78, 5) is 0. The summed E-state index contributed by atoms with van der Waals surface area (Å²) in [5, 5.41) is 0.690. The van der Waals surface area contributed by atoms with E-state index in [0.717, 1.165) is 29.7 Å². The van der Waals surface area contributed by atoms with E-state index in [1.807, 2.05) is 32.0 Å². The molecular weight excluding hydrogens is 372 g/mol. The molecule has 0 amide bonds. The van der Waals surface area contributed by atoms with Crippen molar-refractivity contribution in [2.75, 3.05) is 19.7 Å². The maximum atomic E-state index is 6.43. The third kappa shape index (κ3) is 5.95. The smallest absolute Gasteiger partial charge is 0.119 e. The first kappa shape index (κ1) is 22.7. The van der Waals surface area contributed by atoms with E-state index in [4.69, 9.17) is 32.5 Å². The summed E-state index contributed by atoms with van der Waals surface area (Å²) < 4.78 is 12.5. The number of rotatable bonds is 10. The van der Waals surface area contributed by atoms with Gasteiger partial charge in [-0.1, -0.05) is 30.7 Å². The first-order valence-corrected chi connectivity index (χ1v) is 10.3. The average molecular weight is 405 g/mol. The molecule has 2 rings (SSSR count). The van der Waals surface area contributed by atoms with Crippen LogP contribution in [0.3, 0.4) is 0 Å². The van der Waals surface area contributed by atoms with Gasteiger partial charge in [-0.15, -0.1) is 0 Å². The number of benzene rings is 2. The van der Waals surface area contributed by atoms with Crippen LogP contribution in [0.25, 0.3) is 0 Å². The Morgan fingerprint density at radius 1 is 1.11 bits per heavy atom. The van der Waals surface area contributed by atoms with Gasteiger partial charge >= 0.3 is 0 Å². The molecule has 0 aliphatic heterocycles. The summed E-state index contributed by atoms with van der Waals surface area (Å²) in [5.74, 6) is 0.837. The number of ether oxygens (including phenoxy) is 2. The standard InChI is InChI=1S/C23H33ClN2O2/c1-5-21(14-27-22-7-6-17(3)18(12-22)8-9-25)28-23(4,15-26)19-10-16(2)11-20(24)13-19/h6-7,10-13,21H,5,8-9,14-15,25-26H2,1-4H3/t21?,23-/m0/s1. The fraction of sp³-hybridized carbons (Fsp3) is 0.478. The Kier molecular flexibility index (Phi) is 8.32. The Balaban J connectivity index is 2.11. The molecule has 0 saturated carbocycles. The van der Waals surface area contributed by atoms with Crippen molar-refractivity contribution in [2.24, 2.45) is 11.5 Å². The van der Waals surface area contributed by atoms with Gasteiger partial charge in [0.05, 0.1) is 6.10 Å². The predicted molar refractivity (Wildman–Crippen MR) is 117 cm³/mol. The van der Waals surface area contributed by atoms with E-state index in [0.29, 0.717) is 24.7 Å². The van der Waals surface area contributed by atoms with E-state index >= 15 is 0 Å². The van der Waals surface area contributed by atoms with Gasteiger partial charge < -0.3 is 20.9 Å². The average Bonchev–Trinajstić information content (AvgIpc) is 2.66. The third-order valence-corrected chi connectivity index (χ3v) is 5.31. The number of nitrogens with two attached hydrogens (primary N) is 2. The zero-order chi connectivity index (χ0) is 20.7. The van der Waals surface area contributed by atoms with E-state index < -0.39 is 5.60 Å². The number of halogens is 1. The highest BCUT2D eigenvalue weighted by Gasteiger charge is 2.30. The molecule has 2 aromatic rings. The molecule has 0 bridgehead atoms. The van der Waals surface area contributed by atoms with Crippen molar-refractivity contribution in [1.29, 1.82) is 0 Å². The molecule has 0 spiro atoms. The summed E-state index contributed by atoms with van der Waals surface area (Å²) >= 11 is 6.25. The van der Waals surface area contributed by atoms with Crippen molar-refractivity contribution < 1.29 is 9.47 Å². The van der Waals surface area contributed by atoms with Crippen LogP contribution < -0.4 is 16.2 Å². The minimum Gasteiger partial charge on any atom is -0.491 e. The van der Waals surface area contributed by atoms with E-state index in [-0.39, 0.29) is 6.10 Å². The molecule has 0 aromatic heterocycles. The summed E-state index contributed by atoms with van der Waals surface area (Å²) in [7, 11) is 0. The van der Waals surface area contributed by atoms with Crippen LogP contribution in [0, 0.1) is 13.8 Å². The number of aryl methyl sites for hydroxylation is 2. The van der Waals surface area contributed by atoms with Gasteiger partial charge in [0, 0.05) is 11.6 Å². The molecule has 0 radical (unpaired) electrons. The Morgan fingerprint density at radius 3 is 2.46 bits per heavy atom. The number of hydrogen-bond acceptors (Lipinski definition) is 4. The lowest BCUT2D eigenvalue weighted by molar-refractivity contribution is -0.0972. The van der Waals surface area contributed by atoms with Crippen LogP contribution in [-0.4, -0.2) is 25.8 Å². The molecule has 5 heteroatoms. The van der Waals surface area contributed by atoms with Crippen molar-refractivity contribution in [3.8, 4) is 5.75 Å². The minimum atomic E-state index is -0.627. The van der Waals surface area contributed by atoms with Gasteiger partial charge in [-0.3, -0.25) is 0 Å². The second-order valence-electron chi connectivity index (χ2n) is 7.54. The van der Waals surface area contributed by atoms with E-state index in [1.165, 1.54) is 11.1 Å². The van der Waals surface area contributed by atoms with Crippen molar-refractivity contribution >= 4 is 11.6 Å². The lowest BCUT2D eigenvalue weighted by atomic mass is 9.94. The molecular formula is C23H33ClN2O2. The lowest BCUT2D eigenvalue weighted by Gasteiger charge is -2.33. The normalized spacial score (nSPS) is 14.5. The van der Waals surface area contributed by atoms with Crippen molar-refractivity contribution in [3.63, 3.8) is 0 Å². The maximum absolute atomic E-state index is 6.43. The maximum Gasteiger partial charge on any atom is 0.119 e. The van der Waals surface area contributed by atoms with Gasteiger partial charge in [0.15, 0.2) is 0 Å². The third-order valence-electron chi connectivity index (χ3n) is 5.09. The van der Waals surface area contributed by atoms with Gasteiger partial charge in [0.25, 0.3) is 0 Å². The van der Waals surface area contributed by atoms with Crippen molar-refractivity contribution in [2.45, 2.75) is 52.2 Å². The Bertz CT molecular complexity index is 761. The topological polar surface area (TPSA) is 70.5 Å². The van der Waals surface area contributed by atoms with Gasteiger partial charge in [-0.05, 0) is 86.7 Å². The second-order valence-corrected chi connectivity index (χ2v) is 7.97. The summed E-state index contributed by atoms with van der Waals surface area (Å²) in [6, 6.07) is 12.1. The molecule has 1 unspecified atom stereocenters. The van der Waals surface area contributed by atoms with Crippen LogP contribution in [-0.2, 0) is 16.8 Å². The van der Waals surface area contributed by atoms with Crippen LogP contribution >= 0.6 is 11.6 Å². The monoisotopic (exact) mass is 404 g/mol. The summed E-state index contributed by atoms with van der Waals surface area (Å²) in [6.07, 6.45) is 1.57. The summed E-state index contributed by atoms with van der Waals surface area (Å²) in [5.41, 5.74) is 15.7. The molecule has 2 atom stereocenters. The van der Waals surface area contributed by atoms with Crippen LogP contribution in [0.15, 0.2) is 36.4 Å². The molecule has 28 heavy (non-hydrogen) atoms.